The number of hydrogen-bond acceptors (Lipinski definition) is 5. The van der Waals surface area contributed by atoms with E-state index in [-0.39, 0.29) is 24.2 Å². The van der Waals surface area contributed by atoms with Crippen molar-refractivity contribution in [1.29, 1.82) is 0 Å². The van der Waals surface area contributed by atoms with Gasteiger partial charge in [0.15, 0.2) is 0 Å². The van der Waals surface area contributed by atoms with Gasteiger partial charge in [0.05, 0.1) is 12.2 Å². The van der Waals surface area contributed by atoms with E-state index in [2.05, 4.69) is 20.6 Å². The van der Waals surface area contributed by atoms with Crippen molar-refractivity contribution in [2.75, 3.05) is 6.54 Å². The number of carbonyl (C=O) groups is 1. The first kappa shape index (κ1) is 20.3. The zero-order chi connectivity index (χ0) is 22.3. The number of nitrogens with zero attached hydrogens (tertiary/aromatic N) is 4. The van der Waals surface area contributed by atoms with Gasteiger partial charge in [-0.2, -0.15) is 0 Å². The van der Waals surface area contributed by atoms with Gasteiger partial charge in [-0.1, -0.05) is 12.1 Å². The van der Waals surface area contributed by atoms with E-state index in [4.69, 9.17) is 0 Å². The predicted octanol–water partition coefficient (Wildman–Crippen LogP) is 2.02. The molecule has 4 aromatic rings. The maximum atomic E-state index is 13.0. The van der Waals surface area contributed by atoms with Crippen molar-refractivity contribution in [1.82, 2.24) is 29.4 Å². The number of amides is 1. The van der Waals surface area contributed by atoms with Crippen LogP contribution in [0.25, 0.3) is 11.3 Å². The lowest BCUT2D eigenvalue weighted by Gasteiger charge is -2.05. The summed E-state index contributed by atoms with van der Waals surface area (Å²) < 4.78 is 29.1. The Morgan fingerprint density at radius 3 is 2.78 bits per heavy atom. The van der Waals surface area contributed by atoms with Gasteiger partial charge in [-0.05, 0) is 23.8 Å². The molecule has 1 saturated carbocycles. The topological polar surface area (TPSA) is 92.8 Å². The molecule has 1 unspecified atom stereocenters. The molecule has 0 bridgehead atoms. The third kappa shape index (κ3) is 4.09. The average molecular weight is 438 g/mol. The van der Waals surface area contributed by atoms with Crippen LogP contribution in [-0.4, -0.2) is 37.1 Å². The fraction of sp³-hybridized carbons (Fsp3) is 0.273. The molecule has 1 amide bonds. The van der Waals surface area contributed by atoms with Crippen LogP contribution in [-0.2, 0) is 13.1 Å². The monoisotopic (exact) mass is 438 g/mol. The summed E-state index contributed by atoms with van der Waals surface area (Å²) in [6, 6.07) is 10.0. The minimum absolute atomic E-state index is 0.0413. The number of rotatable bonds is 7. The number of carbonyl (C=O) groups excluding carboxylic acids is 1. The van der Waals surface area contributed by atoms with E-state index in [1.807, 2.05) is 22.7 Å². The van der Waals surface area contributed by atoms with Gasteiger partial charge < -0.3 is 15.0 Å². The van der Waals surface area contributed by atoms with Crippen LogP contribution < -0.4 is 16.2 Å². The van der Waals surface area contributed by atoms with Crippen LogP contribution >= 0.6 is 0 Å². The second kappa shape index (κ2) is 7.79. The van der Waals surface area contributed by atoms with Gasteiger partial charge in [0.1, 0.15) is 17.0 Å². The molecule has 10 heteroatoms. The highest BCUT2D eigenvalue weighted by molar-refractivity contribution is 5.92. The minimum Gasteiger partial charge on any atom is -0.345 e. The van der Waals surface area contributed by atoms with Crippen LogP contribution in [0, 0.1) is 5.92 Å². The fourth-order valence-electron chi connectivity index (χ4n) is 3.59. The molecule has 0 radical (unpaired) electrons. The summed E-state index contributed by atoms with van der Waals surface area (Å²) in [5, 5.41) is 5.80. The molecule has 8 nitrogen and oxygen atoms in total. The van der Waals surface area contributed by atoms with E-state index in [0.717, 1.165) is 5.56 Å². The zero-order valence-electron chi connectivity index (χ0n) is 17.0. The lowest BCUT2D eigenvalue weighted by Crippen LogP contribution is -2.27. The van der Waals surface area contributed by atoms with Crippen molar-refractivity contribution >= 4 is 17.2 Å². The normalized spacial score (nSPS) is 17.0. The zero-order valence-corrected chi connectivity index (χ0v) is 17.0. The van der Waals surface area contributed by atoms with Crippen LogP contribution in [0.15, 0.2) is 59.8 Å². The Hall–Kier alpha value is -3.66. The molecule has 0 saturated heterocycles. The van der Waals surface area contributed by atoms with Crippen LogP contribution in [0.4, 0.5) is 8.78 Å². The molecule has 164 valence electrons. The number of halogens is 2. The van der Waals surface area contributed by atoms with E-state index < -0.39 is 17.7 Å². The van der Waals surface area contributed by atoms with E-state index in [1.165, 1.54) is 10.5 Å². The lowest BCUT2D eigenvalue weighted by molar-refractivity contribution is 0.0944. The second-order valence-corrected chi connectivity index (χ2v) is 7.92. The largest absolute Gasteiger partial charge is 0.345 e. The third-order valence-corrected chi connectivity index (χ3v) is 5.47. The van der Waals surface area contributed by atoms with Crippen LogP contribution in [0.1, 0.15) is 28.2 Å². The summed E-state index contributed by atoms with van der Waals surface area (Å²) in [5.41, 5.74) is 2.38. The predicted molar refractivity (Wildman–Crippen MR) is 113 cm³/mol. The Morgan fingerprint density at radius 2 is 1.97 bits per heavy atom. The highest BCUT2D eigenvalue weighted by atomic mass is 19.3. The van der Waals surface area contributed by atoms with Gasteiger partial charge in [0.2, 0.25) is 0 Å². The van der Waals surface area contributed by atoms with Crippen LogP contribution in [0.2, 0.25) is 0 Å². The van der Waals surface area contributed by atoms with Crippen molar-refractivity contribution in [3.05, 3.63) is 82.3 Å². The highest BCUT2D eigenvalue weighted by Crippen LogP contribution is 2.47. The lowest BCUT2D eigenvalue weighted by atomic mass is 10.2. The molecule has 0 aromatic carbocycles. The summed E-state index contributed by atoms with van der Waals surface area (Å²) in [4.78, 5) is 33.3. The molecule has 4 heterocycles. The first-order valence-electron chi connectivity index (χ1n) is 10.2. The molecule has 4 aromatic heterocycles. The van der Waals surface area contributed by atoms with Crippen molar-refractivity contribution < 1.29 is 13.6 Å². The molecule has 1 aliphatic rings. The molecular weight excluding hydrogens is 418 g/mol. The van der Waals surface area contributed by atoms with E-state index in [9.17, 15) is 18.4 Å². The van der Waals surface area contributed by atoms with Gasteiger partial charge >= 0.3 is 0 Å². The highest BCUT2D eigenvalue weighted by Gasteiger charge is 2.56. The summed E-state index contributed by atoms with van der Waals surface area (Å²) >= 11 is 0. The quantitative estimate of drug-likeness (QED) is 0.461. The molecule has 0 spiro atoms. The standard InChI is InChI=1S/C22H20F2N6O2/c23-22(24)8-15(22)10-25-9-14-4-5-18-27-16(13-29(18)12-14)11-26-21(32)17-7-20(31)30-6-2-1-3-19(30)28-17/h1-7,12-13,15,25H,8-11H2,(H,26,32). The maximum Gasteiger partial charge on any atom is 0.270 e. The smallest absolute Gasteiger partial charge is 0.270 e. The van der Waals surface area contributed by atoms with Gasteiger partial charge in [-0.15, -0.1) is 0 Å². The Bertz CT molecular complexity index is 1380. The van der Waals surface area contributed by atoms with E-state index in [1.54, 1.807) is 30.6 Å². The van der Waals surface area contributed by atoms with Crippen molar-refractivity contribution in [3.63, 3.8) is 0 Å². The summed E-state index contributed by atoms with van der Waals surface area (Å²) in [6.45, 7) is 0.940. The number of alkyl halides is 2. The molecule has 1 fully saturated rings. The number of fused-ring (bicyclic) bond motifs is 2. The molecule has 0 aliphatic heterocycles. The minimum atomic E-state index is -2.52. The van der Waals surface area contributed by atoms with Gasteiger partial charge in [0, 0.05) is 50.1 Å². The van der Waals surface area contributed by atoms with Crippen molar-refractivity contribution in [2.45, 2.75) is 25.4 Å². The first-order valence-corrected chi connectivity index (χ1v) is 10.2. The molecular formula is C22H20F2N6O2. The number of hydrogen-bond donors (Lipinski definition) is 2. The molecule has 1 atom stereocenters. The van der Waals surface area contributed by atoms with Crippen molar-refractivity contribution in [2.24, 2.45) is 5.92 Å². The Kier molecular flexibility index (Phi) is 4.93. The van der Waals surface area contributed by atoms with Crippen molar-refractivity contribution in [3.8, 4) is 0 Å². The summed E-state index contributed by atoms with van der Waals surface area (Å²) in [7, 11) is 0. The van der Waals surface area contributed by atoms with Crippen LogP contribution in [0.5, 0.6) is 0 Å². The van der Waals surface area contributed by atoms with Crippen LogP contribution in [0.3, 0.4) is 0 Å². The van der Waals surface area contributed by atoms with Gasteiger partial charge in [0.25, 0.3) is 17.4 Å². The molecule has 5 rings (SSSR count). The fourth-order valence-corrected chi connectivity index (χ4v) is 3.59. The Balaban J connectivity index is 1.22. The number of pyridine rings is 2. The van der Waals surface area contributed by atoms with Gasteiger partial charge in [-0.25, -0.2) is 18.7 Å². The number of imidazole rings is 1. The maximum absolute atomic E-state index is 13.0. The van der Waals surface area contributed by atoms with Gasteiger partial charge in [-0.3, -0.25) is 14.0 Å². The Labute approximate surface area is 180 Å². The Morgan fingerprint density at radius 1 is 1.12 bits per heavy atom. The molecule has 1 aliphatic carbocycles. The molecule has 32 heavy (non-hydrogen) atoms. The average Bonchev–Trinajstić information content (AvgIpc) is 3.19. The molecule has 2 N–H and O–H groups in total. The number of aromatic nitrogens is 4. The summed E-state index contributed by atoms with van der Waals surface area (Å²) in [5.74, 6) is -3.55. The second-order valence-electron chi connectivity index (χ2n) is 7.92. The SMILES string of the molecule is O=C(NCc1cn2cc(CNCC3CC3(F)F)ccc2n1)c1cc(=O)n2ccccc2n1. The van der Waals surface area contributed by atoms with E-state index in [0.29, 0.717) is 30.1 Å². The number of nitrogens with one attached hydrogen (secondary N) is 2. The van der Waals surface area contributed by atoms with E-state index >= 15 is 0 Å². The third-order valence-electron chi connectivity index (χ3n) is 5.47. The summed E-state index contributed by atoms with van der Waals surface area (Å²) in [6.07, 6.45) is 5.21. The first-order chi connectivity index (χ1) is 15.4.